The van der Waals surface area contributed by atoms with E-state index in [1.54, 1.807) is 0 Å². The Morgan fingerprint density at radius 3 is 2.67 bits per heavy atom. The molecule has 1 N–H and O–H groups in total. The summed E-state index contributed by atoms with van der Waals surface area (Å²) in [6.45, 7) is 0. The van der Waals surface area contributed by atoms with Crippen LogP contribution in [-0.4, -0.2) is 16.1 Å². The number of carboxylic acids is 1. The van der Waals surface area contributed by atoms with E-state index >= 15 is 0 Å². The molecule has 0 amide bonds. The molecule has 0 saturated carbocycles. The van der Waals surface area contributed by atoms with Crippen molar-refractivity contribution >= 4 is 33.5 Å². The van der Waals surface area contributed by atoms with Crippen LogP contribution in [0.1, 0.15) is 28.0 Å². The fourth-order valence-electron chi connectivity index (χ4n) is 0.991. The lowest BCUT2D eigenvalue weighted by Crippen LogP contribution is -2.05. The molecule has 15 heavy (non-hydrogen) atoms. The van der Waals surface area contributed by atoms with Crippen molar-refractivity contribution in [3.8, 4) is 0 Å². The standard InChI is InChI=1S/C8H5BrClF2NO2/c9-6-4(8(14)15)1-3(2-10)5(13-6)7(11)12/h1,7H,2H2,(H,14,15). The van der Waals surface area contributed by atoms with Gasteiger partial charge in [0, 0.05) is 5.88 Å². The molecule has 1 aromatic rings. The highest BCUT2D eigenvalue weighted by Gasteiger charge is 2.19. The fraction of sp³-hybridized carbons (Fsp3) is 0.250. The molecule has 1 rings (SSSR count). The van der Waals surface area contributed by atoms with Gasteiger partial charge in [-0.2, -0.15) is 0 Å². The van der Waals surface area contributed by atoms with E-state index in [0.717, 1.165) is 6.07 Å². The molecule has 0 aliphatic carbocycles. The third-order valence-electron chi connectivity index (χ3n) is 1.67. The fourth-order valence-corrected chi connectivity index (χ4v) is 1.68. The maximum atomic E-state index is 12.4. The van der Waals surface area contributed by atoms with Gasteiger partial charge in [-0.25, -0.2) is 18.6 Å². The summed E-state index contributed by atoms with van der Waals surface area (Å²) in [6.07, 6.45) is -2.78. The van der Waals surface area contributed by atoms with Crippen LogP contribution in [0.2, 0.25) is 0 Å². The first-order chi connectivity index (χ1) is 6.97. The van der Waals surface area contributed by atoms with Gasteiger partial charge in [-0.3, -0.25) is 0 Å². The smallest absolute Gasteiger partial charge is 0.338 e. The van der Waals surface area contributed by atoms with Crippen LogP contribution in [0.4, 0.5) is 8.78 Å². The van der Waals surface area contributed by atoms with E-state index in [1.165, 1.54) is 0 Å². The van der Waals surface area contributed by atoms with Crippen molar-refractivity contribution in [1.82, 2.24) is 4.98 Å². The molecular formula is C8H5BrClF2NO2. The van der Waals surface area contributed by atoms with Crippen molar-refractivity contribution < 1.29 is 18.7 Å². The minimum atomic E-state index is -2.78. The number of carboxylic acid groups (broad SMARTS) is 1. The molecule has 0 saturated heterocycles. The van der Waals surface area contributed by atoms with Gasteiger partial charge in [0.05, 0.1) is 5.56 Å². The van der Waals surface area contributed by atoms with Crippen molar-refractivity contribution in [2.24, 2.45) is 0 Å². The van der Waals surface area contributed by atoms with Crippen LogP contribution < -0.4 is 0 Å². The molecule has 0 aliphatic heterocycles. The number of pyridine rings is 1. The molecule has 0 spiro atoms. The van der Waals surface area contributed by atoms with E-state index in [0.29, 0.717) is 0 Å². The maximum absolute atomic E-state index is 12.4. The quantitative estimate of drug-likeness (QED) is 0.689. The van der Waals surface area contributed by atoms with Gasteiger partial charge in [0.1, 0.15) is 10.3 Å². The number of hydrogen-bond donors (Lipinski definition) is 1. The Labute approximate surface area is 97.2 Å². The van der Waals surface area contributed by atoms with Crippen LogP contribution in [0.15, 0.2) is 10.7 Å². The Balaban J connectivity index is 3.35. The number of nitrogens with zero attached hydrogens (tertiary/aromatic N) is 1. The van der Waals surface area contributed by atoms with Crippen molar-refractivity contribution in [2.75, 3.05) is 0 Å². The van der Waals surface area contributed by atoms with Gasteiger partial charge in [-0.05, 0) is 27.6 Å². The normalized spacial score (nSPS) is 10.7. The zero-order valence-corrected chi connectivity index (χ0v) is 9.52. The minimum Gasteiger partial charge on any atom is -0.478 e. The summed E-state index contributed by atoms with van der Waals surface area (Å²) in [5.41, 5.74) is -0.663. The first kappa shape index (κ1) is 12.3. The molecule has 3 nitrogen and oxygen atoms in total. The molecule has 0 aliphatic rings. The number of hydrogen-bond acceptors (Lipinski definition) is 2. The molecule has 0 fully saturated rings. The average Bonchev–Trinajstić information content (AvgIpc) is 2.16. The number of alkyl halides is 3. The summed E-state index contributed by atoms with van der Waals surface area (Å²) in [5.74, 6) is -1.46. The lowest BCUT2D eigenvalue weighted by atomic mass is 10.1. The lowest BCUT2D eigenvalue weighted by Gasteiger charge is -2.07. The predicted octanol–water partition coefficient (Wildman–Crippen LogP) is 3.22. The Bertz CT molecular complexity index is 400. The van der Waals surface area contributed by atoms with Gasteiger partial charge < -0.3 is 5.11 Å². The van der Waals surface area contributed by atoms with E-state index in [4.69, 9.17) is 16.7 Å². The molecule has 7 heteroatoms. The van der Waals surface area contributed by atoms with Crippen molar-refractivity contribution in [3.63, 3.8) is 0 Å². The van der Waals surface area contributed by atoms with Crippen LogP contribution in [0.3, 0.4) is 0 Å². The summed E-state index contributed by atoms with van der Waals surface area (Å²) in [6, 6.07) is 1.09. The second-order valence-corrected chi connectivity index (χ2v) is 3.63. The molecule has 1 heterocycles. The minimum absolute atomic E-state index is 0.0206. The van der Waals surface area contributed by atoms with E-state index in [-0.39, 0.29) is 21.6 Å². The Hall–Kier alpha value is -0.750. The van der Waals surface area contributed by atoms with Gasteiger partial charge in [0.2, 0.25) is 0 Å². The highest BCUT2D eigenvalue weighted by molar-refractivity contribution is 9.10. The lowest BCUT2D eigenvalue weighted by molar-refractivity contribution is 0.0694. The van der Waals surface area contributed by atoms with E-state index in [2.05, 4.69) is 20.9 Å². The summed E-state index contributed by atoms with van der Waals surface area (Å²) in [7, 11) is 0. The Morgan fingerprint density at radius 2 is 2.27 bits per heavy atom. The van der Waals surface area contributed by atoms with Gasteiger partial charge in [0.25, 0.3) is 6.43 Å². The van der Waals surface area contributed by atoms with Crippen molar-refractivity contribution in [3.05, 3.63) is 27.5 Å². The topological polar surface area (TPSA) is 50.2 Å². The zero-order chi connectivity index (χ0) is 11.6. The second-order valence-electron chi connectivity index (χ2n) is 2.61. The molecule has 0 radical (unpaired) electrons. The molecule has 0 unspecified atom stereocenters. The average molecular weight is 300 g/mol. The van der Waals surface area contributed by atoms with Gasteiger partial charge in [0.15, 0.2) is 0 Å². The number of carbonyl (C=O) groups is 1. The van der Waals surface area contributed by atoms with Crippen molar-refractivity contribution in [2.45, 2.75) is 12.3 Å². The summed E-state index contributed by atoms with van der Waals surface area (Å²) in [4.78, 5) is 14.1. The van der Waals surface area contributed by atoms with Gasteiger partial charge in [-0.1, -0.05) is 0 Å². The van der Waals surface area contributed by atoms with Gasteiger partial charge in [-0.15, -0.1) is 11.6 Å². The summed E-state index contributed by atoms with van der Waals surface area (Å²) >= 11 is 8.23. The predicted molar refractivity (Wildman–Crippen MR) is 53.4 cm³/mol. The van der Waals surface area contributed by atoms with Crippen LogP contribution >= 0.6 is 27.5 Å². The number of halogens is 4. The maximum Gasteiger partial charge on any atom is 0.338 e. The molecule has 0 aromatic carbocycles. The van der Waals surface area contributed by atoms with Crippen LogP contribution in [0.5, 0.6) is 0 Å². The summed E-state index contributed by atoms with van der Waals surface area (Å²) < 4.78 is 24.8. The zero-order valence-electron chi connectivity index (χ0n) is 7.18. The van der Waals surface area contributed by atoms with E-state index in [9.17, 15) is 13.6 Å². The number of aromatic nitrogens is 1. The number of aromatic carboxylic acids is 1. The van der Waals surface area contributed by atoms with E-state index in [1.807, 2.05) is 0 Å². The largest absolute Gasteiger partial charge is 0.478 e. The summed E-state index contributed by atoms with van der Waals surface area (Å²) in [5, 5.41) is 8.71. The molecule has 0 atom stereocenters. The van der Waals surface area contributed by atoms with Crippen LogP contribution in [-0.2, 0) is 5.88 Å². The second kappa shape index (κ2) is 4.85. The Morgan fingerprint density at radius 1 is 1.67 bits per heavy atom. The SMILES string of the molecule is O=C(O)c1cc(CCl)c(C(F)F)nc1Br. The third kappa shape index (κ3) is 2.63. The molecule has 0 bridgehead atoms. The Kier molecular flexibility index (Phi) is 3.98. The monoisotopic (exact) mass is 299 g/mol. The van der Waals surface area contributed by atoms with Crippen molar-refractivity contribution in [1.29, 1.82) is 0 Å². The molecule has 82 valence electrons. The highest BCUT2D eigenvalue weighted by Crippen LogP contribution is 2.26. The first-order valence-corrected chi connectivity index (χ1v) is 5.06. The van der Waals surface area contributed by atoms with Gasteiger partial charge >= 0.3 is 5.97 Å². The first-order valence-electron chi connectivity index (χ1n) is 3.74. The molecular weight excluding hydrogens is 295 g/mol. The van der Waals surface area contributed by atoms with Crippen LogP contribution in [0, 0.1) is 0 Å². The van der Waals surface area contributed by atoms with E-state index < -0.39 is 18.1 Å². The third-order valence-corrected chi connectivity index (χ3v) is 2.56. The number of rotatable bonds is 3. The van der Waals surface area contributed by atoms with Crippen LogP contribution in [0.25, 0.3) is 0 Å². The highest BCUT2D eigenvalue weighted by atomic mass is 79.9. The molecule has 1 aromatic heterocycles.